The van der Waals surface area contributed by atoms with E-state index in [0.717, 1.165) is 5.56 Å². The van der Waals surface area contributed by atoms with E-state index in [1.54, 1.807) is 11.8 Å². The Labute approximate surface area is 92.9 Å². The second-order valence-corrected chi connectivity index (χ2v) is 5.18. The number of nitrogens with one attached hydrogen (secondary N) is 1. The predicted octanol–water partition coefficient (Wildman–Crippen LogP) is 1.65. The summed E-state index contributed by atoms with van der Waals surface area (Å²) in [5.41, 5.74) is 1.12. The highest BCUT2D eigenvalue weighted by Crippen LogP contribution is 2.38. The van der Waals surface area contributed by atoms with Crippen LogP contribution in [0.4, 0.5) is 0 Å². The summed E-state index contributed by atoms with van der Waals surface area (Å²) in [5, 5.41) is 12.1. The van der Waals surface area contributed by atoms with Crippen molar-refractivity contribution in [3.63, 3.8) is 0 Å². The number of carboxylic acid groups (broad SMARTS) is 1. The molecule has 2 N–H and O–H groups in total. The summed E-state index contributed by atoms with van der Waals surface area (Å²) in [6, 6.07) is 9.49. The number of thioether (sulfide) groups is 1. The largest absolute Gasteiger partial charge is 0.480 e. The van der Waals surface area contributed by atoms with E-state index >= 15 is 0 Å². The molecule has 1 aliphatic rings. The van der Waals surface area contributed by atoms with Crippen molar-refractivity contribution in [1.82, 2.24) is 5.32 Å². The summed E-state index contributed by atoms with van der Waals surface area (Å²) in [7, 11) is 0. The molecule has 80 valence electrons. The Morgan fingerprint density at radius 2 is 2.20 bits per heavy atom. The first-order valence-corrected chi connectivity index (χ1v) is 5.80. The minimum atomic E-state index is -0.776. The van der Waals surface area contributed by atoms with Crippen molar-refractivity contribution in [1.29, 1.82) is 0 Å². The second kappa shape index (κ2) is 3.87. The van der Waals surface area contributed by atoms with Gasteiger partial charge in [-0.3, -0.25) is 10.1 Å². The molecule has 3 nitrogen and oxygen atoms in total. The minimum Gasteiger partial charge on any atom is -0.480 e. The van der Waals surface area contributed by atoms with E-state index in [4.69, 9.17) is 5.11 Å². The van der Waals surface area contributed by atoms with E-state index in [1.165, 1.54) is 0 Å². The van der Waals surface area contributed by atoms with E-state index in [0.29, 0.717) is 5.75 Å². The van der Waals surface area contributed by atoms with Gasteiger partial charge in [0.05, 0.1) is 4.87 Å². The van der Waals surface area contributed by atoms with Gasteiger partial charge in [0, 0.05) is 5.75 Å². The second-order valence-electron chi connectivity index (χ2n) is 3.75. The molecule has 0 saturated carbocycles. The summed E-state index contributed by atoms with van der Waals surface area (Å²) in [6.07, 6.45) is 0. The lowest BCUT2D eigenvalue weighted by molar-refractivity contribution is -0.138. The van der Waals surface area contributed by atoms with E-state index in [9.17, 15) is 4.79 Å². The van der Waals surface area contributed by atoms with Crippen LogP contribution in [0, 0.1) is 0 Å². The molecule has 0 amide bonds. The molecule has 1 heterocycles. The van der Waals surface area contributed by atoms with Crippen molar-refractivity contribution in [3.8, 4) is 0 Å². The molecule has 1 fully saturated rings. The molecule has 4 heteroatoms. The van der Waals surface area contributed by atoms with Crippen LogP contribution < -0.4 is 5.32 Å². The fourth-order valence-corrected chi connectivity index (χ4v) is 2.98. The van der Waals surface area contributed by atoms with Crippen molar-refractivity contribution in [2.75, 3.05) is 5.75 Å². The maximum absolute atomic E-state index is 10.8. The average molecular weight is 223 g/mol. The molecule has 0 aliphatic carbocycles. The van der Waals surface area contributed by atoms with Gasteiger partial charge >= 0.3 is 5.97 Å². The smallest absolute Gasteiger partial charge is 0.321 e. The Bertz CT molecular complexity index is 368. The predicted molar refractivity (Wildman–Crippen MR) is 60.8 cm³/mol. The fourth-order valence-electron chi connectivity index (χ4n) is 1.72. The first-order chi connectivity index (χ1) is 7.12. The standard InChI is InChI=1S/C11H13NO2S/c1-11(8-5-3-2-4-6-8)12-9(7-15-11)10(13)14/h2-6,9,12H,7H2,1H3,(H,13,14)/t9-,11-/m0/s1. The van der Waals surface area contributed by atoms with Crippen molar-refractivity contribution >= 4 is 17.7 Å². The number of rotatable bonds is 2. The van der Waals surface area contributed by atoms with Crippen LogP contribution in [0.3, 0.4) is 0 Å². The number of hydrogen-bond acceptors (Lipinski definition) is 3. The van der Waals surface area contributed by atoms with E-state index in [1.807, 2.05) is 37.3 Å². The maximum atomic E-state index is 10.8. The molecule has 15 heavy (non-hydrogen) atoms. The van der Waals surface area contributed by atoms with Crippen LogP contribution in [0.15, 0.2) is 30.3 Å². The third-order valence-electron chi connectivity index (χ3n) is 2.61. The van der Waals surface area contributed by atoms with Crippen LogP contribution in [-0.4, -0.2) is 22.9 Å². The lowest BCUT2D eigenvalue weighted by atomic mass is 10.1. The molecule has 0 spiro atoms. The number of hydrogen-bond donors (Lipinski definition) is 2. The van der Waals surface area contributed by atoms with Crippen LogP contribution in [0.1, 0.15) is 12.5 Å². The van der Waals surface area contributed by atoms with Gasteiger partial charge in [-0.25, -0.2) is 0 Å². The SMILES string of the molecule is C[C@]1(c2ccccc2)N[C@H](C(=O)O)CS1. The normalized spacial score (nSPS) is 30.3. The van der Waals surface area contributed by atoms with Crippen molar-refractivity contribution in [3.05, 3.63) is 35.9 Å². The molecule has 1 aromatic rings. The Hall–Kier alpha value is -1.00. The lowest BCUT2D eigenvalue weighted by Crippen LogP contribution is -2.41. The highest BCUT2D eigenvalue weighted by atomic mass is 32.2. The first-order valence-electron chi connectivity index (χ1n) is 4.82. The number of aliphatic carboxylic acids is 1. The van der Waals surface area contributed by atoms with Gasteiger partial charge in [0.1, 0.15) is 6.04 Å². The van der Waals surface area contributed by atoms with Crippen molar-refractivity contribution in [2.24, 2.45) is 0 Å². The molecule has 1 saturated heterocycles. The van der Waals surface area contributed by atoms with Crippen LogP contribution in [0.25, 0.3) is 0 Å². The van der Waals surface area contributed by atoms with Gasteiger partial charge in [-0.1, -0.05) is 30.3 Å². The van der Waals surface area contributed by atoms with Crippen LogP contribution in [-0.2, 0) is 9.67 Å². The van der Waals surface area contributed by atoms with Gasteiger partial charge in [0.2, 0.25) is 0 Å². The number of benzene rings is 1. The quantitative estimate of drug-likeness (QED) is 0.800. The maximum Gasteiger partial charge on any atom is 0.321 e. The van der Waals surface area contributed by atoms with Gasteiger partial charge in [-0.2, -0.15) is 0 Å². The third kappa shape index (κ3) is 2.01. The topological polar surface area (TPSA) is 49.3 Å². The highest BCUT2D eigenvalue weighted by molar-refractivity contribution is 8.00. The van der Waals surface area contributed by atoms with Gasteiger partial charge in [0.25, 0.3) is 0 Å². The van der Waals surface area contributed by atoms with E-state index < -0.39 is 12.0 Å². The molecule has 2 atom stereocenters. The molecule has 0 radical (unpaired) electrons. The summed E-state index contributed by atoms with van der Waals surface area (Å²) in [4.78, 5) is 10.6. The monoisotopic (exact) mass is 223 g/mol. The summed E-state index contributed by atoms with van der Waals surface area (Å²) in [6.45, 7) is 2.02. The summed E-state index contributed by atoms with van der Waals surface area (Å²) < 4.78 is 0. The van der Waals surface area contributed by atoms with Gasteiger partial charge < -0.3 is 5.11 Å². The average Bonchev–Trinajstić information content (AvgIpc) is 2.64. The summed E-state index contributed by atoms with van der Waals surface area (Å²) >= 11 is 1.64. The molecule has 0 unspecified atom stereocenters. The molecule has 2 rings (SSSR count). The van der Waals surface area contributed by atoms with Crippen molar-refractivity contribution in [2.45, 2.75) is 17.8 Å². The Morgan fingerprint density at radius 3 is 2.73 bits per heavy atom. The highest BCUT2D eigenvalue weighted by Gasteiger charge is 2.39. The van der Waals surface area contributed by atoms with E-state index in [-0.39, 0.29) is 4.87 Å². The van der Waals surface area contributed by atoms with Crippen molar-refractivity contribution < 1.29 is 9.90 Å². The number of carboxylic acids is 1. The molecular weight excluding hydrogens is 210 g/mol. The fraction of sp³-hybridized carbons (Fsp3) is 0.364. The molecule has 1 aromatic carbocycles. The van der Waals surface area contributed by atoms with Gasteiger partial charge in [-0.05, 0) is 12.5 Å². The van der Waals surface area contributed by atoms with E-state index in [2.05, 4.69) is 5.32 Å². The summed E-state index contributed by atoms with van der Waals surface area (Å²) in [5.74, 6) is -0.164. The van der Waals surface area contributed by atoms with Crippen LogP contribution in [0.2, 0.25) is 0 Å². The molecule has 0 bridgehead atoms. The Kier molecular flexibility index (Phi) is 2.71. The minimum absolute atomic E-state index is 0.273. The number of carbonyl (C=O) groups is 1. The Morgan fingerprint density at radius 1 is 1.53 bits per heavy atom. The molecule has 0 aromatic heterocycles. The van der Waals surface area contributed by atoms with Crippen LogP contribution in [0.5, 0.6) is 0 Å². The first kappa shape index (κ1) is 10.5. The van der Waals surface area contributed by atoms with Gasteiger partial charge in [-0.15, -0.1) is 11.8 Å². The zero-order valence-corrected chi connectivity index (χ0v) is 9.25. The lowest BCUT2D eigenvalue weighted by Gasteiger charge is -2.24. The van der Waals surface area contributed by atoms with Crippen LogP contribution >= 0.6 is 11.8 Å². The third-order valence-corrected chi connectivity index (χ3v) is 4.04. The van der Waals surface area contributed by atoms with Gasteiger partial charge in [0.15, 0.2) is 0 Å². The zero-order chi connectivity index (χ0) is 10.9. The molecule has 1 aliphatic heterocycles. The molecular formula is C11H13NO2S. The Balaban J connectivity index is 2.20. The zero-order valence-electron chi connectivity index (χ0n) is 8.43.